The van der Waals surface area contributed by atoms with E-state index in [9.17, 15) is 4.79 Å². The Morgan fingerprint density at radius 1 is 1.25 bits per heavy atom. The molecule has 0 fully saturated rings. The van der Waals surface area contributed by atoms with Gasteiger partial charge in [0.1, 0.15) is 5.75 Å². The highest BCUT2D eigenvalue weighted by Gasteiger charge is 2.03. The third-order valence-corrected chi connectivity index (χ3v) is 4.19. The molecule has 6 nitrogen and oxygen atoms in total. The number of thiophene rings is 1. The van der Waals surface area contributed by atoms with Crippen molar-refractivity contribution < 1.29 is 9.53 Å². The normalized spacial score (nSPS) is 11.2. The number of ether oxygens (including phenoxy) is 1. The zero-order chi connectivity index (χ0) is 17.4. The molecule has 0 radical (unpaired) electrons. The molecule has 1 aromatic heterocycles. The van der Waals surface area contributed by atoms with Crippen LogP contribution >= 0.6 is 11.3 Å². The number of hydrogen-bond donors (Lipinski definition) is 3. The lowest BCUT2D eigenvalue weighted by Crippen LogP contribution is -2.36. The smallest absolute Gasteiger partial charge is 0.255 e. The molecule has 4 N–H and O–H groups in total. The van der Waals surface area contributed by atoms with Gasteiger partial charge in [-0.2, -0.15) is 0 Å². The standard InChI is InChI=1S/C17H22N4O2S/c1-12-6-7-15(24-12)10-21-17(19-2)20-9-13-4-3-5-14(8-13)23-11-16(18)22/h3-8H,9-11H2,1-2H3,(H2,18,22)(H2,19,20,21). The number of nitrogens with zero attached hydrogens (tertiary/aromatic N) is 1. The van der Waals surface area contributed by atoms with E-state index in [2.05, 4.69) is 34.7 Å². The van der Waals surface area contributed by atoms with Crippen molar-refractivity contribution in [3.63, 3.8) is 0 Å². The molecule has 2 aromatic rings. The van der Waals surface area contributed by atoms with E-state index in [4.69, 9.17) is 10.5 Å². The summed E-state index contributed by atoms with van der Waals surface area (Å²) in [6.07, 6.45) is 0. The Balaban J connectivity index is 1.84. The summed E-state index contributed by atoms with van der Waals surface area (Å²) in [6, 6.07) is 11.7. The summed E-state index contributed by atoms with van der Waals surface area (Å²) < 4.78 is 5.30. The van der Waals surface area contributed by atoms with Gasteiger partial charge >= 0.3 is 0 Å². The molecule has 24 heavy (non-hydrogen) atoms. The third-order valence-electron chi connectivity index (χ3n) is 3.19. The summed E-state index contributed by atoms with van der Waals surface area (Å²) in [4.78, 5) is 17.5. The Bertz CT molecular complexity index is 712. The van der Waals surface area contributed by atoms with E-state index in [0.29, 0.717) is 12.3 Å². The second-order valence-corrected chi connectivity index (χ2v) is 6.57. The molecule has 0 saturated carbocycles. The predicted octanol–water partition coefficient (Wildman–Crippen LogP) is 1.79. The molecule has 0 atom stereocenters. The minimum absolute atomic E-state index is 0.125. The topological polar surface area (TPSA) is 88.7 Å². The summed E-state index contributed by atoms with van der Waals surface area (Å²) in [7, 11) is 1.74. The summed E-state index contributed by atoms with van der Waals surface area (Å²) in [5.41, 5.74) is 6.10. The highest BCUT2D eigenvalue weighted by atomic mass is 32.1. The van der Waals surface area contributed by atoms with E-state index in [-0.39, 0.29) is 6.61 Å². The van der Waals surface area contributed by atoms with Crippen molar-refractivity contribution in [3.05, 3.63) is 51.7 Å². The van der Waals surface area contributed by atoms with Crippen LogP contribution in [0, 0.1) is 6.92 Å². The summed E-state index contributed by atoms with van der Waals surface area (Å²) >= 11 is 1.76. The number of benzene rings is 1. The van der Waals surface area contributed by atoms with Gasteiger partial charge in [-0.05, 0) is 36.8 Å². The van der Waals surface area contributed by atoms with Crippen LogP contribution in [0.15, 0.2) is 41.4 Å². The van der Waals surface area contributed by atoms with Crippen molar-refractivity contribution in [3.8, 4) is 5.75 Å². The number of nitrogens with one attached hydrogen (secondary N) is 2. The van der Waals surface area contributed by atoms with Gasteiger partial charge in [0.2, 0.25) is 0 Å². The van der Waals surface area contributed by atoms with Crippen LogP contribution in [0.4, 0.5) is 0 Å². The first-order valence-corrected chi connectivity index (χ1v) is 8.38. The fraction of sp³-hybridized carbons (Fsp3) is 0.294. The average molecular weight is 346 g/mol. The van der Waals surface area contributed by atoms with Crippen LogP contribution in [0.2, 0.25) is 0 Å². The number of guanidine groups is 1. The highest BCUT2D eigenvalue weighted by molar-refractivity contribution is 7.11. The molecular weight excluding hydrogens is 324 g/mol. The van der Waals surface area contributed by atoms with Crippen molar-refractivity contribution in [1.29, 1.82) is 0 Å². The number of carbonyl (C=O) groups excluding carboxylic acids is 1. The molecule has 0 saturated heterocycles. The monoisotopic (exact) mass is 346 g/mol. The van der Waals surface area contributed by atoms with Crippen molar-refractivity contribution in [2.24, 2.45) is 10.7 Å². The first kappa shape index (κ1) is 17.8. The minimum Gasteiger partial charge on any atom is -0.484 e. The third kappa shape index (κ3) is 5.92. The lowest BCUT2D eigenvalue weighted by atomic mass is 10.2. The van der Waals surface area contributed by atoms with Crippen molar-refractivity contribution in [1.82, 2.24) is 10.6 Å². The van der Waals surface area contributed by atoms with Crippen LogP contribution in [0.5, 0.6) is 5.75 Å². The van der Waals surface area contributed by atoms with Crippen LogP contribution in [0.1, 0.15) is 15.3 Å². The van der Waals surface area contributed by atoms with Crippen molar-refractivity contribution in [2.75, 3.05) is 13.7 Å². The zero-order valence-corrected chi connectivity index (χ0v) is 14.7. The molecule has 1 aromatic carbocycles. The van der Waals surface area contributed by atoms with Crippen LogP contribution in [-0.2, 0) is 17.9 Å². The van der Waals surface area contributed by atoms with E-state index in [1.165, 1.54) is 9.75 Å². The van der Waals surface area contributed by atoms with Gasteiger partial charge in [-0.25, -0.2) is 0 Å². The molecule has 0 aliphatic rings. The Kier molecular flexibility index (Phi) is 6.62. The molecule has 7 heteroatoms. The largest absolute Gasteiger partial charge is 0.484 e. The Morgan fingerprint density at radius 3 is 2.71 bits per heavy atom. The van der Waals surface area contributed by atoms with Crippen molar-refractivity contribution >= 4 is 23.2 Å². The fourth-order valence-electron chi connectivity index (χ4n) is 2.06. The fourth-order valence-corrected chi connectivity index (χ4v) is 2.89. The van der Waals surface area contributed by atoms with Gasteiger partial charge in [0.15, 0.2) is 12.6 Å². The maximum absolute atomic E-state index is 10.8. The zero-order valence-electron chi connectivity index (χ0n) is 13.8. The lowest BCUT2D eigenvalue weighted by molar-refractivity contribution is -0.119. The second kappa shape index (κ2) is 8.93. The summed E-state index contributed by atoms with van der Waals surface area (Å²) in [5, 5.41) is 6.53. The van der Waals surface area contributed by atoms with Crippen LogP contribution < -0.4 is 21.1 Å². The number of nitrogens with two attached hydrogens (primary N) is 1. The molecule has 0 aliphatic heterocycles. The van der Waals surface area contributed by atoms with E-state index >= 15 is 0 Å². The molecule has 128 valence electrons. The van der Waals surface area contributed by atoms with Crippen molar-refractivity contribution in [2.45, 2.75) is 20.0 Å². The highest BCUT2D eigenvalue weighted by Crippen LogP contribution is 2.15. The Labute approximate surface area is 145 Å². The van der Waals surface area contributed by atoms with E-state index in [1.54, 1.807) is 24.5 Å². The van der Waals surface area contributed by atoms with Gasteiger partial charge in [0.25, 0.3) is 5.91 Å². The minimum atomic E-state index is -0.494. The number of primary amides is 1. The molecule has 0 bridgehead atoms. The van der Waals surface area contributed by atoms with Gasteiger partial charge in [-0.3, -0.25) is 9.79 Å². The summed E-state index contributed by atoms with van der Waals surface area (Å²) in [6.45, 7) is 3.30. The molecular formula is C17H22N4O2S. The lowest BCUT2D eigenvalue weighted by Gasteiger charge is -2.12. The second-order valence-electron chi connectivity index (χ2n) is 5.19. The van der Waals surface area contributed by atoms with E-state index < -0.39 is 5.91 Å². The number of aryl methyl sites for hydroxylation is 1. The maximum Gasteiger partial charge on any atom is 0.255 e. The molecule has 0 spiro atoms. The number of rotatable bonds is 7. The van der Waals surface area contributed by atoms with Gasteiger partial charge < -0.3 is 21.1 Å². The van der Waals surface area contributed by atoms with Gasteiger partial charge in [-0.15, -0.1) is 11.3 Å². The van der Waals surface area contributed by atoms with Gasteiger partial charge in [-0.1, -0.05) is 12.1 Å². The molecule has 0 unspecified atom stereocenters. The quantitative estimate of drug-likeness (QED) is 0.527. The van der Waals surface area contributed by atoms with Crippen LogP contribution in [0.25, 0.3) is 0 Å². The molecule has 1 amide bonds. The van der Waals surface area contributed by atoms with Crippen LogP contribution in [0.3, 0.4) is 0 Å². The Hall–Kier alpha value is -2.54. The van der Waals surface area contributed by atoms with Gasteiger partial charge in [0, 0.05) is 23.3 Å². The van der Waals surface area contributed by atoms with E-state index in [0.717, 1.165) is 18.1 Å². The first-order valence-electron chi connectivity index (χ1n) is 7.56. The summed E-state index contributed by atoms with van der Waals surface area (Å²) in [5.74, 6) is 0.849. The van der Waals surface area contributed by atoms with Crippen LogP contribution in [-0.4, -0.2) is 25.5 Å². The first-order chi connectivity index (χ1) is 11.6. The Morgan fingerprint density at radius 2 is 2.04 bits per heavy atom. The number of aliphatic imine (C=N–C) groups is 1. The van der Waals surface area contributed by atoms with E-state index in [1.807, 2.05) is 18.2 Å². The molecule has 2 rings (SSSR count). The molecule has 1 heterocycles. The molecule has 0 aliphatic carbocycles. The average Bonchev–Trinajstić information content (AvgIpc) is 2.99. The number of carbonyl (C=O) groups is 1. The van der Waals surface area contributed by atoms with Gasteiger partial charge in [0.05, 0.1) is 6.54 Å². The SMILES string of the molecule is CN=C(NCc1cccc(OCC(N)=O)c1)NCc1ccc(C)s1. The maximum atomic E-state index is 10.8. The predicted molar refractivity (Wildman–Crippen MR) is 97.2 cm³/mol. The number of amides is 1. The number of hydrogen-bond acceptors (Lipinski definition) is 4.